The van der Waals surface area contributed by atoms with E-state index in [-0.39, 0.29) is 54.7 Å². The fourth-order valence-electron chi connectivity index (χ4n) is 7.05. The molecule has 1 saturated heterocycles. The Morgan fingerprint density at radius 3 is 1.96 bits per heavy atom. The van der Waals surface area contributed by atoms with E-state index in [0.29, 0.717) is 10.9 Å². The van der Waals surface area contributed by atoms with Crippen LogP contribution in [0.5, 0.6) is 0 Å². The summed E-state index contributed by atoms with van der Waals surface area (Å²) in [6.07, 6.45) is 16.5. The Labute approximate surface area is 326 Å². The Morgan fingerprint density at radius 2 is 1.33 bits per heavy atom. The Morgan fingerprint density at radius 1 is 0.778 bits per heavy atom. The molecule has 0 saturated carbocycles. The SMILES string of the molecule is CCCCCCCCCC(=O)OC[C@@H](COC(=O)OC[N+]1(C)CCN(C2=Nc3ccccc3N=C3CS(C)=CC32)CC1)OC(=O)CCCCCCCCC. The van der Waals surface area contributed by atoms with Crippen molar-refractivity contribution < 1.29 is 37.8 Å². The number of para-hydroxylation sites is 2. The summed E-state index contributed by atoms with van der Waals surface area (Å²) in [4.78, 5) is 50.5. The van der Waals surface area contributed by atoms with E-state index in [4.69, 9.17) is 28.9 Å². The molecule has 0 aliphatic carbocycles. The molecule has 4 rings (SSSR count). The van der Waals surface area contributed by atoms with Crippen LogP contribution >= 0.6 is 10.5 Å². The van der Waals surface area contributed by atoms with Gasteiger partial charge in [-0.05, 0) is 36.6 Å². The molecule has 54 heavy (non-hydrogen) atoms. The molecule has 3 aliphatic heterocycles. The number of ether oxygens (including phenoxy) is 4. The second-order valence-electron chi connectivity index (χ2n) is 15.4. The predicted octanol–water partition coefficient (Wildman–Crippen LogP) is 8.74. The van der Waals surface area contributed by atoms with Gasteiger partial charge in [-0.2, -0.15) is 10.5 Å². The molecule has 302 valence electrons. The van der Waals surface area contributed by atoms with Gasteiger partial charge in [0.05, 0.1) is 50.5 Å². The zero-order chi connectivity index (χ0) is 38.6. The van der Waals surface area contributed by atoms with Crippen LogP contribution in [0.4, 0.5) is 16.2 Å². The molecule has 3 atom stereocenters. The minimum Gasteiger partial charge on any atom is -0.462 e. The number of carbonyl (C=O) groups is 3. The van der Waals surface area contributed by atoms with Crippen molar-refractivity contribution in [2.45, 2.75) is 123 Å². The van der Waals surface area contributed by atoms with Crippen LogP contribution in [0.1, 0.15) is 117 Å². The maximum Gasteiger partial charge on any atom is 0.512 e. The molecule has 11 nitrogen and oxygen atoms in total. The first-order valence-corrected chi connectivity index (χ1v) is 22.5. The Kier molecular flexibility index (Phi) is 19.0. The van der Waals surface area contributed by atoms with Crippen molar-refractivity contribution in [3.8, 4) is 0 Å². The van der Waals surface area contributed by atoms with Crippen LogP contribution in [0.15, 0.2) is 34.3 Å². The number of nitrogens with zero attached hydrogens (tertiary/aromatic N) is 4. The Hall–Kier alpha value is -3.25. The van der Waals surface area contributed by atoms with Gasteiger partial charge in [0, 0.05) is 24.3 Å². The first kappa shape index (κ1) is 43.5. The normalized spacial score (nSPS) is 19.3. The number of esters is 2. The first-order valence-electron chi connectivity index (χ1n) is 20.6. The lowest BCUT2D eigenvalue weighted by Gasteiger charge is -2.42. The summed E-state index contributed by atoms with van der Waals surface area (Å²) in [6, 6.07) is 8.07. The monoisotopic (exact) mass is 771 g/mol. The van der Waals surface area contributed by atoms with Gasteiger partial charge < -0.3 is 23.8 Å². The molecule has 1 aromatic rings. The molecule has 0 aromatic heterocycles. The van der Waals surface area contributed by atoms with E-state index in [1.54, 1.807) is 0 Å². The van der Waals surface area contributed by atoms with Gasteiger partial charge in [0.1, 0.15) is 19.0 Å². The third-order valence-corrected chi connectivity index (χ3v) is 12.0. The molecular weight excluding hydrogens is 705 g/mol. The maximum atomic E-state index is 12.8. The van der Waals surface area contributed by atoms with Gasteiger partial charge in [-0.1, -0.05) is 103 Å². The molecule has 12 heteroatoms. The van der Waals surface area contributed by atoms with Crippen molar-refractivity contribution in [3.63, 3.8) is 0 Å². The number of fused-ring (bicyclic) bond motifs is 2. The second-order valence-corrected chi connectivity index (χ2v) is 17.4. The fraction of sp³-hybridized carbons (Fsp3) is 0.714. The smallest absolute Gasteiger partial charge is 0.462 e. The third kappa shape index (κ3) is 15.1. The highest BCUT2D eigenvalue weighted by atomic mass is 32.2. The van der Waals surface area contributed by atoms with E-state index in [1.165, 1.54) is 57.1 Å². The van der Waals surface area contributed by atoms with Crippen molar-refractivity contribution >= 4 is 56.9 Å². The quantitative estimate of drug-likeness (QED) is 0.0357. The summed E-state index contributed by atoms with van der Waals surface area (Å²) in [7, 11) is 2.24. The van der Waals surface area contributed by atoms with E-state index in [9.17, 15) is 14.4 Å². The molecule has 3 aliphatic rings. The van der Waals surface area contributed by atoms with Crippen LogP contribution in [-0.4, -0.2) is 116 Å². The van der Waals surface area contributed by atoms with Crippen molar-refractivity contribution in [2.75, 3.05) is 65.2 Å². The number of rotatable bonds is 23. The first-order chi connectivity index (χ1) is 26.2. The van der Waals surface area contributed by atoms with Crippen molar-refractivity contribution in [2.24, 2.45) is 15.9 Å². The average molecular weight is 772 g/mol. The number of hydrogen-bond donors (Lipinski definition) is 0. The lowest BCUT2D eigenvalue weighted by Crippen LogP contribution is -2.60. The van der Waals surface area contributed by atoms with Gasteiger partial charge in [-0.3, -0.25) is 19.1 Å². The van der Waals surface area contributed by atoms with Gasteiger partial charge in [0.15, 0.2) is 6.10 Å². The number of piperazine rings is 1. The largest absolute Gasteiger partial charge is 0.512 e. The topological polar surface area (TPSA) is 116 Å². The van der Waals surface area contributed by atoms with Gasteiger partial charge in [-0.25, -0.2) is 9.79 Å². The lowest BCUT2D eigenvalue weighted by atomic mass is 10.0. The number of unbranched alkanes of at least 4 members (excludes halogenated alkanes) is 12. The van der Waals surface area contributed by atoms with Gasteiger partial charge in [0.25, 0.3) is 0 Å². The molecular formula is C42H67N4O7S+. The molecule has 0 spiro atoms. The van der Waals surface area contributed by atoms with Gasteiger partial charge in [0.2, 0.25) is 6.73 Å². The summed E-state index contributed by atoms with van der Waals surface area (Å²) in [5, 5.41) is 2.39. The van der Waals surface area contributed by atoms with E-state index in [1.807, 2.05) is 24.3 Å². The summed E-state index contributed by atoms with van der Waals surface area (Å²) >= 11 is 0. The standard InChI is InChI=1S/C42H67N4O7S/c1-5-7-9-11-13-15-17-23-39(47)50-29-34(53-40(48)24-18-16-14-12-10-8-6-2)30-51-42(49)52-33-46(3)27-25-45(26-28-46)41-35-31-54(4)32-38(35)43-36-21-19-20-22-37(36)44-41/h19-22,31,34-35H,5-18,23-30,32-33H2,1-4H3/q+1/t34-,35?,54?/m0/s1. The summed E-state index contributed by atoms with van der Waals surface area (Å²) in [6.45, 7) is 7.20. The van der Waals surface area contributed by atoms with Crippen molar-refractivity contribution in [1.82, 2.24) is 4.90 Å². The summed E-state index contributed by atoms with van der Waals surface area (Å²) in [5.41, 5.74) is 3.01. The molecule has 1 fully saturated rings. The Bertz CT molecular complexity index is 1440. The number of hydrogen-bond acceptors (Lipinski definition) is 10. The summed E-state index contributed by atoms with van der Waals surface area (Å²) in [5.74, 6) is 1.43. The van der Waals surface area contributed by atoms with Crippen LogP contribution < -0.4 is 0 Å². The molecule has 2 unspecified atom stereocenters. The van der Waals surface area contributed by atoms with E-state index in [2.05, 4.69) is 37.4 Å². The highest BCUT2D eigenvalue weighted by Gasteiger charge is 2.37. The number of likely N-dealkylation sites (N-methyl/N-ethyl adjacent to an activating group) is 1. The highest BCUT2D eigenvalue weighted by Crippen LogP contribution is 2.36. The zero-order valence-corrected chi connectivity index (χ0v) is 34.4. The number of benzene rings is 1. The summed E-state index contributed by atoms with van der Waals surface area (Å²) < 4.78 is 22.7. The molecule has 3 heterocycles. The van der Waals surface area contributed by atoms with E-state index >= 15 is 0 Å². The third-order valence-electron chi connectivity index (χ3n) is 10.5. The van der Waals surface area contributed by atoms with Gasteiger partial charge >= 0.3 is 18.1 Å². The second kappa shape index (κ2) is 23.6. The van der Waals surface area contributed by atoms with Crippen molar-refractivity contribution in [1.29, 1.82) is 0 Å². The van der Waals surface area contributed by atoms with Crippen LogP contribution in [0, 0.1) is 5.92 Å². The maximum absolute atomic E-state index is 12.8. The molecule has 0 amide bonds. The van der Waals surface area contributed by atoms with Gasteiger partial charge in [-0.15, -0.1) is 0 Å². The fourth-order valence-corrected chi connectivity index (χ4v) is 8.60. The van der Waals surface area contributed by atoms with Crippen LogP contribution in [0.3, 0.4) is 0 Å². The molecule has 0 N–H and O–H groups in total. The average Bonchev–Trinajstić information content (AvgIpc) is 3.45. The zero-order valence-electron chi connectivity index (χ0n) is 33.6. The molecule has 1 aromatic carbocycles. The van der Waals surface area contributed by atoms with Crippen LogP contribution in [0.2, 0.25) is 0 Å². The highest BCUT2D eigenvalue weighted by molar-refractivity contribution is 8.15. The number of aliphatic imine (C=N–C) groups is 2. The number of amidine groups is 1. The van der Waals surface area contributed by atoms with Crippen molar-refractivity contribution in [3.05, 3.63) is 24.3 Å². The predicted molar refractivity (Wildman–Crippen MR) is 219 cm³/mol. The molecule has 0 bridgehead atoms. The minimum absolute atomic E-state index is 0.117. The lowest BCUT2D eigenvalue weighted by molar-refractivity contribution is -0.929. The Balaban J connectivity index is 1.22. The van der Waals surface area contributed by atoms with E-state index < -0.39 is 12.3 Å². The van der Waals surface area contributed by atoms with Crippen LogP contribution in [0.25, 0.3) is 0 Å². The number of quaternary nitrogens is 1. The number of carbonyl (C=O) groups excluding carboxylic acids is 3. The minimum atomic E-state index is -0.893. The van der Waals surface area contributed by atoms with E-state index in [0.717, 1.165) is 87.7 Å². The van der Waals surface area contributed by atoms with Crippen LogP contribution in [-0.2, 0) is 28.5 Å². The molecule has 0 radical (unpaired) electrons.